The Balaban J connectivity index is 2.83. The van der Waals surface area contributed by atoms with Gasteiger partial charge in [-0.1, -0.05) is 13.2 Å². The molecule has 0 amide bonds. The molecular weight excluding hydrogens is 74.9 g/mol. The van der Waals surface area contributed by atoms with Crippen LogP contribution in [0.4, 0.5) is 0 Å². The molecule has 0 aliphatic heterocycles. The summed E-state index contributed by atoms with van der Waals surface area (Å²) in [6.07, 6.45) is 0.856. The van der Waals surface area contributed by atoms with E-state index in [1.165, 1.54) is 0 Å². The van der Waals surface area contributed by atoms with E-state index in [1.807, 2.05) is 6.92 Å². The first-order valence-electron chi connectivity index (χ1n) is 2.11. The smallest absolute Gasteiger partial charge is 0.201 e. The minimum Gasteiger partial charge on any atom is -0.312 e. The lowest BCUT2D eigenvalue weighted by atomic mass is 9.71. The average molecular weight is 82.9 g/mol. The van der Waals surface area contributed by atoms with Gasteiger partial charge in [0.2, 0.25) is 7.28 Å². The standard InChI is InChI=1S/C4H8BO/c1-3-5-4(2)6/h3H2,1-2H3. The summed E-state index contributed by atoms with van der Waals surface area (Å²) in [5.41, 5.74) is 0.164. The monoisotopic (exact) mass is 83.1 g/mol. The summed E-state index contributed by atoms with van der Waals surface area (Å²) >= 11 is 0. The van der Waals surface area contributed by atoms with Gasteiger partial charge < -0.3 is 4.79 Å². The third kappa shape index (κ3) is 3.73. The molecule has 2 heteroatoms. The molecular formula is C4H8BO. The summed E-state index contributed by atoms with van der Waals surface area (Å²) in [6, 6.07) is 0. The Labute approximate surface area is 39.0 Å². The van der Waals surface area contributed by atoms with Crippen molar-refractivity contribution in [1.82, 2.24) is 0 Å². The highest BCUT2D eigenvalue weighted by Crippen LogP contribution is 1.71. The molecule has 0 unspecified atom stereocenters. The number of carbonyl (C=O) groups excluding carboxylic acids is 1. The maximum atomic E-state index is 9.99. The molecule has 0 aromatic rings. The Morgan fingerprint density at radius 1 is 1.83 bits per heavy atom. The Kier molecular flexibility index (Phi) is 2.82. The van der Waals surface area contributed by atoms with Gasteiger partial charge in [0.25, 0.3) is 0 Å². The first kappa shape index (κ1) is 5.73. The first-order valence-corrected chi connectivity index (χ1v) is 2.11. The van der Waals surface area contributed by atoms with Crippen LogP contribution in [0.15, 0.2) is 0 Å². The van der Waals surface area contributed by atoms with E-state index in [0.29, 0.717) is 0 Å². The zero-order valence-corrected chi connectivity index (χ0v) is 4.19. The van der Waals surface area contributed by atoms with Crippen LogP contribution in [0, 0.1) is 0 Å². The second-order valence-electron chi connectivity index (χ2n) is 1.22. The highest BCUT2D eigenvalue weighted by molar-refractivity contribution is 6.73. The van der Waals surface area contributed by atoms with E-state index in [9.17, 15) is 4.79 Å². The van der Waals surface area contributed by atoms with Gasteiger partial charge in [0.15, 0.2) is 0 Å². The summed E-state index contributed by atoms with van der Waals surface area (Å²) in [7, 11) is 1.65. The molecule has 0 N–H and O–H groups in total. The van der Waals surface area contributed by atoms with Crippen molar-refractivity contribution in [3.63, 3.8) is 0 Å². The molecule has 1 nitrogen and oxygen atoms in total. The van der Waals surface area contributed by atoms with Gasteiger partial charge >= 0.3 is 0 Å². The van der Waals surface area contributed by atoms with Gasteiger partial charge in [-0.15, -0.1) is 0 Å². The fourth-order valence-corrected chi connectivity index (χ4v) is 0.287. The highest BCUT2D eigenvalue weighted by Gasteiger charge is 1.87. The van der Waals surface area contributed by atoms with Gasteiger partial charge in [0, 0.05) is 0 Å². The molecule has 6 heavy (non-hydrogen) atoms. The van der Waals surface area contributed by atoms with Gasteiger partial charge in [-0.25, -0.2) is 0 Å². The van der Waals surface area contributed by atoms with E-state index < -0.39 is 0 Å². The second-order valence-corrected chi connectivity index (χ2v) is 1.22. The lowest BCUT2D eigenvalue weighted by molar-refractivity contribution is -0.110. The van der Waals surface area contributed by atoms with Crippen molar-refractivity contribution in [1.29, 1.82) is 0 Å². The fraction of sp³-hybridized carbons (Fsp3) is 0.750. The van der Waals surface area contributed by atoms with E-state index in [1.54, 1.807) is 14.2 Å². The van der Waals surface area contributed by atoms with Crippen molar-refractivity contribution < 1.29 is 4.79 Å². The van der Waals surface area contributed by atoms with Gasteiger partial charge in [-0.2, -0.15) is 0 Å². The van der Waals surface area contributed by atoms with Crippen molar-refractivity contribution in [3.8, 4) is 0 Å². The molecule has 0 fully saturated rings. The second kappa shape index (κ2) is 2.95. The van der Waals surface area contributed by atoms with Crippen molar-refractivity contribution >= 4 is 13.0 Å². The maximum absolute atomic E-state index is 9.99. The quantitative estimate of drug-likeness (QED) is 0.448. The molecule has 1 radical (unpaired) electrons. The summed E-state index contributed by atoms with van der Waals surface area (Å²) in [5.74, 6) is 0. The molecule has 0 spiro atoms. The summed E-state index contributed by atoms with van der Waals surface area (Å²) in [5, 5.41) is 0. The largest absolute Gasteiger partial charge is 0.312 e. The van der Waals surface area contributed by atoms with Gasteiger partial charge in [0.05, 0.1) is 5.68 Å². The summed E-state index contributed by atoms with van der Waals surface area (Å²) in [4.78, 5) is 9.99. The van der Waals surface area contributed by atoms with Gasteiger partial charge in [0.1, 0.15) is 0 Å². The number of hydrogen-bond donors (Lipinski definition) is 0. The molecule has 0 atom stereocenters. The van der Waals surface area contributed by atoms with Crippen LogP contribution in [0.25, 0.3) is 0 Å². The van der Waals surface area contributed by atoms with E-state index in [4.69, 9.17) is 0 Å². The van der Waals surface area contributed by atoms with Crippen molar-refractivity contribution in [3.05, 3.63) is 0 Å². The Morgan fingerprint density at radius 2 is 2.33 bits per heavy atom. The highest BCUT2D eigenvalue weighted by atomic mass is 16.1. The van der Waals surface area contributed by atoms with Crippen molar-refractivity contribution in [2.45, 2.75) is 20.2 Å². The Hall–Kier alpha value is -0.265. The molecule has 0 bridgehead atoms. The van der Waals surface area contributed by atoms with E-state index in [-0.39, 0.29) is 5.68 Å². The molecule has 0 heterocycles. The third-order valence-corrected chi connectivity index (χ3v) is 0.492. The molecule has 0 aliphatic carbocycles. The Morgan fingerprint density at radius 3 is 2.33 bits per heavy atom. The van der Waals surface area contributed by atoms with E-state index in [0.717, 1.165) is 6.32 Å². The predicted molar refractivity (Wildman–Crippen MR) is 26.9 cm³/mol. The van der Waals surface area contributed by atoms with Crippen LogP contribution in [-0.2, 0) is 4.79 Å². The fourth-order valence-electron chi connectivity index (χ4n) is 0.287. The van der Waals surface area contributed by atoms with Crippen molar-refractivity contribution in [2.24, 2.45) is 0 Å². The predicted octanol–water partition coefficient (Wildman–Crippen LogP) is 0.675. The average Bonchev–Trinajstić information content (AvgIpc) is 1.35. The van der Waals surface area contributed by atoms with E-state index in [2.05, 4.69) is 0 Å². The SMILES string of the molecule is CC[B]C(C)=O. The third-order valence-electron chi connectivity index (χ3n) is 0.492. The summed E-state index contributed by atoms with van der Waals surface area (Å²) < 4.78 is 0. The summed E-state index contributed by atoms with van der Waals surface area (Å²) in [6.45, 7) is 3.50. The lowest BCUT2D eigenvalue weighted by Gasteiger charge is -1.77. The van der Waals surface area contributed by atoms with Crippen LogP contribution in [0.5, 0.6) is 0 Å². The van der Waals surface area contributed by atoms with Crippen LogP contribution in [0.1, 0.15) is 13.8 Å². The minimum absolute atomic E-state index is 0.164. The zero-order chi connectivity index (χ0) is 4.99. The van der Waals surface area contributed by atoms with E-state index >= 15 is 0 Å². The van der Waals surface area contributed by atoms with Crippen LogP contribution < -0.4 is 0 Å². The zero-order valence-electron chi connectivity index (χ0n) is 4.19. The van der Waals surface area contributed by atoms with Gasteiger partial charge in [-0.3, -0.25) is 0 Å². The van der Waals surface area contributed by atoms with Gasteiger partial charge in [-0.05, 0) is 6.92 Å². The molecule has 0 saturated carbocycles. The van der Waals surface area contributed by atoms with Crippen molar-refractivity contribution in [2.75, 3.05) is 0 Å². The molecule has 33 valence electrons. The number of hydrogen-bond acceptors (Lipinski definition) is 1. The number of carbonyl (C=O) groups is 1. The molecule has 0 rings (SSSR count). The number of rotatable bonds is 2. The topological polar surface area (TPSA) is 17.1 Å². The van der Waals surface area contributed by atoms with Crippen LogP contribution >= 0.6 is 0 Å². The van der Waals surface area contributed by atoms with Crippen LogP contribution in [-0.4, -0.2) is 13.0 Å². The lowest BCUT2D eigenvalue weighted by Crippen LogP contribution is -1.99. The molecule has 0 aliphatic rings. The maximum Gasteiger partial charge on any atom is 0.201 e. The molecule has 0 saturated heterocycles. The first-order chi connectivity index (χ1) is 2.77. The Bertz CT molecular complexity index is 51.5. The minimum atomic E-state index is 0.164. The van der Waals surface area contributed by atoms with Crippen LogP contribution in [0.3, 0.4) is 0 Å². The molecule has 0 aromatic carbocycles. The van der Waals surface area contributed by atoms with Crippen LogP contribution in [0.2, 0.25) is 6.32 Å². The normalized spacial score (nSPS) is 7.67. The molecule has 0 aromatic heterocycles.